The van der Waals surface area contributed by atoms with Crippen LogP contribution in [0.4, 0.5) is 4.39 Å². The number of halogens is 1. The molecule has 2 rings (SSSR count). The molecule has 1 atom stereocenters. The largest absolute Gasteiger partial charge is 0.491 e. The molecule has 20 heavy (non-hydrogen) atoms. The second-order valence-electron chi connectivity index (χ2n) is 5.04. The zero-order valence-corrected chi connectivity index (χ0v) is 11.6. The van der Waals surface area contributed by atoms with Crippen LogP contribution >= 0.6 is 0 Å². The summed E-state index contributed by atoms with van der Waals surface area (Å²) in [5.74, 6) is -0.538. The van der Waals surface area contributed by atoms with E-state index in [4.69, 9.17) is 15.7 Å². The summed E-state index contributed by atoms with van der Waals surface area (Å²) >= 11 is 0. The lowest BCUT2D eigenvalue weighted by molar-refractivity contribution is 0.125. The van der Waals surface area contributed by atoms with Crippen LogP contribution in [-0.4, -0.2) is 42.2 Å². The fourth-order valence-electron chi connectivity index (χ4n) is 2.46. The maximum Gasteiger partial charge on any atom is 0.176 e. The van der Waals surface area contributed by atoms with Crippen LogP contribution in [0.3, 0.4) is 0 Å². The molecular formula is C14H20FN3O2. The predicted molar refractivity (Wildman–Crippen MR) is 74.7 cm³/mol. The number of benzene rings is 1. The van der Waals surface area contributed by atoms with Crippen LogP contribution in [0.5, 0.6) is 5.75 Å². The third-order valence-corrected chi connectivity index (χ3v) is 3.69. The van der Waals surface area contributed by atoms with E-state index >= 15 is 0 Å². The summed E-state index contributed by atoms with van der Waals surface area (Å²) < 4.78 is 19.5. The second kappa shape index (κ2) is 6.56. The van der Waals surface area contributed by atoms with Crippen molar-refractivity contribution in [3.8, 4) is 5.75 Å². The quantitative estimate of drug-likeness (QED) is 0.382. The summed E-state index contributed by atoms with van der Waals surface area (Å²) in [5, 5.41) is 11.6. The fourth-order valence-corrected chi connectivity index (χ4v) is 2.46. The molecule has 1 aromatic rings. The Hall–Kier alpha value is -1.82. The number of hydrogen-bond donors (Lipinski definition) is 2. The van der Waals surface area contributed by atoms with E-state index in [-0.39, 0.29) is 11.4 Å². The summed E-state index contributed by atoms with van der Waals surface area (Å²) in [6, 6.07) is 4.74. The minimum atomic E-state index is -0.560. The fraction of sp³-hybridized carbons (Fsp3) is 0.500. The molecule has 6 heteroatoms. The molecule has 0 spiro atoms. The molecular weight excluding hydrogens is 261 g/mol. The number of likely N-dealkylation sites (tertiary alicyclic amines) is 1. The molecule has 1 aromatic carbocycles. The zero-order chi connectivity index (χ0) is 14.5. The summed E-state index contributed by atoms with van der Waals surface area (Å²) in [6.07, 6.45) is 3.43. The Bertz CT molecular complexity index is 493. The maximum absolute atomic E-state index is 13.8. The van der Waals surface area contributed by atoms with Gasteiger partial charge in [0.15, 0.2) is 5.84 Å². The highest BCUT2D eigenvalue weighted by atomic mass is 19.1. The van der Waals surface area contributed by atoms with Crippen molar-refractivity contribution < 1.29 is 14.3 Å². The van der Waals surface area contributed by atoms with Gasteiger partial charge in [0.2, 0.25) is 0 Å². The Balaban J connectivity index is 2.11. The van der Waals surface area contributed by atoms with E-state index in [1.807, 2.05) is 0 Å². The smallest absolute Gasteiger partial charge is 0.176 e. The van der Waals surface area contributed by atoms with Crippen LogP contribution in [0.2, 0.25) is 0 Å². The Morgan fingerprint density at radius 2 is 2.35 bits per heavy atom. The van der Waals surface area contributed by atoms with E-state index in [9.17, 15) is 4.39 Å². The number of hydrogen-bond acceptors (Lipinski definition) is 4. The summed E-state index contributed by atoms with van der Waals surface area (Å²) in [4.78, 5) is 2.24. The third-order valence-electron chi connectivity index (χ3n) is 3.69. The highest BCUT2D eigenvalue weighted by molar-refractivity contribution is 5.99. The predicted octanol–water partition coefficient (Wildman–Crippen LogP) is 1.78. The van der Waals surface area contributed by atoms with Gasteiger partial charge in [0.25, 0.3) is 0 Å². The first kappa shape index (κ1) is 14.6. The van der Waals surface area contributed by atoms with Gasteiger partial charge in [-0.2, -0.15) is 0 Å². The second-order valence-corrected chi connectivity index (χ2v) is 5.04. The van der Waals surface area contributed by atoms with Crippen LogP contribution in [0.15, 0.2) is 23.4 Å². The number of nitrogens with zero attached hydrogens (tertiary/aromatic N) is 2. The SMILES string of the molecule is CN1CCCCC1COc1cccc(F)c1C(N)=NO. The molecule has 0 amide bonds. The van der Waals surface area contributed by atoms with Gasteiger partial charge in [0.05, 0.1) is 5.56 Å². The molecule has 1 aliphatic rings. The van der Waals surface area contributed by atoms with Gasteiger partial charge < -0.3 is 20.6 Å². The van der Waals surface area contributed by atoms with Crippen LogP contribution < -0.4 is 10.5 Å². The molecule has 1 fully saturated rings. The van der Waals surface area contributed by atoms with Crippen molar-refractivity contribution in [1.29, 1.82) is 0 Å². The zero-order valence-electron chi connectivity index (χ0n) is 11.6. The molecule has 1 saturated heterocycles. The summed E-state index contributed by atoms with van der Waals surface area (Å²) in [7, 11) is 2.06. The summed E-state index contributed by atoms with van der Waals surface area (Å²) in [6.45, 7) is 1.51. The van der Waals surface area contributed by atoms with Crippen LogP contribution in [0.25, 0.3) is 0 Å². The van der Waals surface area contributed by atoms with Crippen molar-refractivity contribution in [1.82, 2.24) is 4.90 Å². The van der Waals surface area contributed by atoms with Crippen molar-refractivity contribution in [3.05, 3.63) is 29.6 Å². The van der Waals surface area contributed by atoms with E-state index in [0.717, 1.165) is 13.0 Å². The first-order chi connectivity index (χ1) is 9.63. The van der Waals surface area contributed by atoms with Crippen molar-refractivity contribution in [3.63, 3.8) is 0 Å². The van der Waals surface area contributed by atoms with Gasteiger partial charge in [-0.25, -0.2) is 4.39 Å². The standard InChI is InChI=1S/C14H20FN3O2/c1-18-8-3-2-5-10(18)9-20-12-7-4-6-11(15)13(12)14(16)17-19/h4,6-7,10,19H,2-3,5,8-9H2,1H3,(H2,16,17). The van der Waals surface area contributed by atoms with Crippen LogP contribution in [0, 0.1) is 5.82 Å². The van der Waals surface area contributed by atoms with Crippen molar-refractivity contribution in [2.24, 2.45) is 10.9 Å². The van der Waals surface area contributed by atoms with Gasteiger partial charge in [0, 0.05) is 6.04 Å². The summed E-state index contributed by atoms with van der Waals surface area (Å²) in [5.41, 5.74) is 5.51. The van der Waals surface area contributed by atoms with Crippen LogP contribution in [0.1, 0.15) is 24.8 Å². The van der Waals surface area contributed by atoms with Gasteiger partial charge in [-0.3, -0.25) is 0 Å². The topological polar surface area (TPSA) is 71.1 Å². The maximum atomic E-state index is 13.8. The monoisotopic (exact) mass is 281 g/mol. The molecule has 0 aromatic heterocycles. The van der Waals surface area contributed by atoms with Crippen molar-refractivity contribution >= 4 is 5.84 Å². The lowest BCUT2D eigenvalue weighted by Crippen LogP contribution is -2.40. The normalized spacial score (nSPS) is 20.9. The van der Waals surface area contributed by atoms with Gasteiger partial charge in [0.1, 0.15) is 18.2 Å². The van der Waals surface area contributed by atoms with Crippen molar-refractivity contribution in [2.45, 2.75) is 25.3 Å². The highest BCUT2D eigenvalue weighted by Gasteiger charge is 2.21. The number of likely N-dealkylation sites (N-methyl/N-ethyl adjacent to an activating group) is 1. The Labute approximate surface area is 117 Å². The highest BCUT2D eigenvalue weighted by Crippen LogP contribution is 2.23. The van der Waals surface area contributed by atoms with E-state index in [1.54, 1.807) is 12.1 Å². The molecule has 0 bridgehead atoms. The van der Waals surface area contributed by atoms with Crippen molar-refractivity contribution in [2.75, 3.05) is 20.2 Å². The average molecular weight is 281 g/mol. The minimum Gasteiger partial charge on any atom is -0.491 e. The minimum absolute atomic E-state index is 0.00784. The Kier molecular flexibility index (Phi) is 4.79. The molecule has 0 radical (unpaired) electrons. The lowest BCUT2D eigenvalue weighted by Gasteiger charge is -2.32. The van der Waals surface area contributed by atoms with Gasteiger partial charge in [-0.1, -0.05) is 17.6 Å². The Morgan fingerprint density at radius 3 is 3.05 bits per heavy atom. The molecule has 5 nitrogen and oxygen atoms in total. The number of ether oxygens (including phenoxy) is 1. The number of rotatable bonds is 4. The number of oxime groups is 1. The first-order valence-corrected chi connectivity index (χ1v) is 6.73. The third kappa shape index (κ3) is 3.19. The average Bonchev–Trinajstić information content (AvgIpc) is 2.46. The molecule has 1 aliphatic heterocycles. The number of amidine groups is 1. The van der Waals surface area contributed by atoms with E-state index < -0.39 is 5.82 Å². The lowest BCUT2D eigenvalue weighted by atomic mass is 10.0. The molecule has 110 valence electrons. The van der Waals surface area contributed by atoms with Gasteiger partial charge >= 0.3 is 0 Å². The first-order valence-electron chi connectivity index (χ1n) is 6.73. The molecule has 3 N–H and O–H groups in total. The molecule has 1 unspecified atom stereocenters. The van der Waals surface area contributed by atoms with E-state index in [2.05, 4.69) is 17.1 Å². The molecule has 0 saturated carbocycles. The van der Waals surface area contributed by atoms with Gasteiger partial charge in [-0.15, -0.1) is 0 Å². The van der Waals surface area contributed by atoms with Crippen LogP contribution in [-0.2, 0) is 0 Å². The molecule has 0 aliphatic carbocycles. The van der Waals surface area contributed by atoms with Gasteiger partial charge in [-0.05, 0) is 38.6 Å². The van der Waals surface area contributed by atoms with E-state index in [1.165, 1.54) is 18.9 Å². The number of piperidine rings is 1. The number of nitrogens with two attached hydrogens (primary N) is 1. The molecule has 1 heterocycles. The van der Waals surface area contributed by atoms with E-state index in [0.29, 0.717) is 18.4 Å². The Morgan fingerprint density at radius 1 is 1.55 bits per heavy atom.